The van der Waals surface area contributed by atoms with Crippen LogP contribution in [0.5, 0.6) is 0 Å². The second-order valence-corrected chi connectivity index (χ2v) is 4.64. The molecule has 2 nitrogen and oxygen atoms in total. The van der Waals surface area contributed by atoms with Crippen LogP contribution in [0.1, 0.15) is 0 Å². The van der Waals surface area contributed by atoms with Crippen LogP contribution in [0.4, 0.5) is 10.1 Å². The van der Waals surface area contributed by atoms with Gasteiger partial charge in [0.2, 0.25) is 0 Å². The lowest BCUT2D eigenvalue weighted by atomic mass is 10.3. The Kier molecular flexibility index (Phi) is 3.15. The summed E-state index contributed by atoms with van der Waals surface area (Å²) < 4.78 is 13.9. The molecule has 0 fully saturated rings. The summed E-state index contributed by atoms with van der Waals surface area (Å²) in [6.45, 7) is 0.581. The van der Waals surface area contributed by atoms with Gasteiger partial charge < -0.3 is 4.90 Å². The molecule has 0 amide bonds. The van der Waals surface area contributed by atoms with Gasteiger partial charge in [-0.1, -0.05) is 12.1 Å². The van der Waals surface area contributed by atoms with Crippen molar-refractivity contribution in [1.29, 1.82) is 0 Å². The molecule has 0 bridgehead atoms. The minimum Gasteiger partial charge on any atom is -0.353 e. The fourth-order valence-corrected chi connectivity index (χ4v) is 2.63. The SMILES string of the molecule is FCCN1CN(Cl)Sc2ccccc21. The van der Waals surface area contributed by atoms with E-state index in [1.807, 2.05) is 29.2 Å². The average Bonchev–Trinajstić information content (AvgIpc) is 2.18. The minimum absolute atomic E-state index is 0.357. The standard InChI is InChI=1S/C9H10ClFN2S/c10-13-7-12(6-5-11)8-3-1-2-4-9(8)14-13/h1-4H,5-7H2. The normalized spacial score (nSPS) is 16.9. The molecule has 0 atom stereocenters. The van der Waals surface area contributed by atoms with Crippen molar-refractivity contribution in [3.8, 4) is 0 Å². The van der Waals surface area contributed by atoms with Crippen LogP contribution in [0.15, 0.2) is 29.2 Å². The summed E-state index contributed by atoms with van der Waals surface area (Å²) in [4.78, 5) is 3.00. The first-order chi connectivity index (χ1) is 6.81. The highest BCUT2D eigenvalue weighted by Gasteiger charge is 2.21. The van der Waals surface area contributed by atoms with E-state index < -0.39 is 0 Å². The van der Waals surface area contributed by atoms with Gasteiger partial charge in [-0.15, -0.1) is 3.82 Å². The van der Waals surface area contributed by atoms with Crippen molar-refractivity contribution in [2.75, 3.05) is 24.8 Å². The monoisotopic (exact) mass is 232 g/mol. The smallest absolute Gasteiger partial charge is 0.107 e. The molecule has 2 rings (SSSR count). The number of fused-ring (bicyclic) bond motifs is 1. The molecule has 0 aliphatic carbocycles. The number of benzene rings is 1. The topological polar surface area (TPSA) is 6.48 Å². The molecule has 14 heavy (non-hydrogen) atoms. The lowest BCUT2D eigenvalue weighted by Crippen LogP contribution is -2.35. The van der Waals surface area contributed by atoms with E-state index in [0.29, 0.717) is 13.2 Å². The van der Waals surface area contributed by atoms with E-state index in [9.17, 15) is 4.39 Å². The maximum atomic E-state index is 12.3. The molecule has 0 spiro atoms. The number of hydrogen-bond donors (Lipinski definition) is 0. The van der Waals surface area contributed by atoms with Gasteiger partial charge in [0.05, 0.1) is 12.4 Å². The van der Waals surface area contributed by atoms with Crippen molar-refractivity contribution in [2.45, 2.75) is 4.90 Å². The first kappa shape index (κ1) is 10.1. The summed E-state index contributed by atoms with van der Waals surface area (Å²) in [5.41, 5.74) is 1.06. The van der Waals surface area contributed by atoms with Crippen LogP contribution in [-0.2, 0) is 0 Å². The third-order valence-electron chi connectivity index (χ3n) is 2.04. The molecule has 1 aromatic carbocycles. The predicted molar refractivity (Wildman–Crippen MR) is 58.2 cm³/mol. The van der Waals surface area contributed by atoms with E-state index in [4.69, 9.17) is 11.8 Å². The molecule has 5 heteroatoms. The van der Waals surface area contributed by atoms with Gasteiger partial charge in [-0.05, 0) is 35.9 Å². The van der Waals surface area contributed by atoms with E-state index >= 15 is 0 Å². The molecule has 0 N–H and O–H groups in total. The predicted octanol–water partition coefficient (Wildman–Crippen LogP) is 2.90. The third kappa shape index (κ3) is 1.97. The minimum atomic E-state index is -0.357. The Morgan fingerprint density at radius 1 is 1.43 bits per heavy atom. The Morgan fingerprint density at radius 3 is 3.00 bits per heavy atom. The van der Waals surface area contributed by atoms with Crippen LogP contribution in [-0.4, -0.2) is 23.7 Å². The molecule has 0 saturated carbocycles. The number of para-hydroxylation sites is 1. The molecular formula is C9H10ClFN2S. The zero-order valence-electron chi connectivity index (χ0n) is 7.49. The molecule has 76 valence electrons. The first-order valence-electron chi connectivity index (χ1n) is 4.32. The van der Waals surface area contributed by atoms with Gasteiger partial charge in [-0.25, -0.2) is 4.39 Å². The lowest BCUT2D eigenvalue weighted by molar-refractivity contribution is 0.477. The van der Waals surface area contributed by atoms with Crippen molar-refractivity contribution in [3.05, 3.63) is 24.3 Å². The quantitative estimate of drug-likeness (QED) is 0.572. The summed E-state index contributed by atoms with van der Waals surface area (Å²) in [6, 6.07) is 7.88. The summed E-state index contributed by atoms with van der Waals surface area (Å²) in [6.07, 6.45) is 0. The number of rotatable bonds is 2. The van der Waals surface area contributed by atoms with Crippen molar-refractivity contribution >= 4 is 29.4 Å². The second kappa shape index (κ2) is 4.38. The van der Waals surface area contributed by atoms with E-state index in [1.54, 1.807) is 3.82 Å². The van der Waals surface area contributed by atoms with Gasteiger partial charge in [-0.2, -0.15) is 0 Å². The van der Waals surface area contributed by atoms with E-state index in [0.717, 1.165) is 10.6 Å². The highest BCUT2D eigenvalue weighted by atomic mass is 35.5. The molecule has 0 radical (unpaired) electrons. The van der Waals surface area contributed by atoms with Crippen molar-refractivity contribution < 1.29 is 4.39 Å². The van der Waals surface area contributed by atoms with Gasteiger partial charge in [0.1, 0.15) is 6.67 Å². The van der Waals surface area contributed by atoms with E-state index in [-0.39, 0.29) is 6.67 Å². The van der Waals surface area contributed by atoms with Gasteiger partial charge in [0.15, 0.2) is 0 Å². The van der Waals surface area contributed by atoms with E-state index in [2.05, 4.69) is 0 Å². The lowest BCUT2D eigenvalue weighted by Gasteiger charge is -2.33. The fraction of sp³-hybridized carbons (Fsp3) is 0.333. The summed E-state index contributed by atoms with van der Waals surface area (Å²) in [5.74, 6) is 0. The first-order valence-corrected chi connectivity index (χ1v) is 5.43. The largest absolute Gasteiger partial charge is 0.353 e. The fourth-order valence-electron chi connectivity index (χ4n) is 1.43. The Labute approximate surface area is 91.9 Å². The highest BCUT2D eigenvalue weighted by Crippen LogP contribution is 2.38. The summed E-state index contributed by atoms with van der Waals surface area (Å²) >= 11 is 7.38. The number of anilines is 1. The maximum absolute atomic E-state index is 12.3. The summed E-state index contributed by atoms with van der Waals surface area (Å²) in [7, 11) is 0. The Hall–Kier alpha value is -0.450. The number of nitrogens with zero attached hydrogens (tertiary/aromatic N) is 2. The Bertz CT molecular complexity index is 323. The van der Waals surface area contributed by atoms with Crippen LogP contribution < -0.4 is 4.90 Å². The molecule has 0 unspecified atom stereocenters. The maximum Gasteiger partial charge on any atom is 0.107 e. The zero-order chi connectivity index (χ0) is 9.97. The van der Waals surface area contributed by atoms with E-state index in [1.165, 1.54) is 11.9 Å². The number of halogens is 2. The van der Waals surface area contributed by atoms with Crippen molar-refractivity contribution in [1.82, 2.24) is 3.82 Å². The van der Waals surface area contributed by atoms with Crippen LogP contribution in [0.25, 0.3) is 0 Å². The molecular weight excluding hydrogens is 223 g/mol. The molecule has 1 aliphatic rings. The Morgan fingerprint density at radius 2 is 2.21 bits per heavy atom. The molecule has 0 aromatic heterocycles. The number of hydrogen-bond acceptors (Lipinski definition) is 3. The summed E-state index contributed by atoms with van der Waals surface area (Å²) in [5, 5.41) is 0. The van der Waals surface area contributed by atoms with Crippen LogP contribution >= 0.6 is 23.7 Å². The van der Waals surface area contributed by atoms with Crippen LogP contribution in [0.3, 0.4) is 0 Å². The van der Waals surface area contributed by atoms with Gasteiger partial charge >= 0.3 is 0 Å². The average molecular weight is 233 g/mol. The molecule has 0 saturated heterocycles. The highest BCUT2D eigenvalue weighted by molar-refractivity contribution is 7.98. The van der Waals surface area contributed by atoms with Gasteiger partial charge in [0, 0.05) is 11.4 Å². The Balaban J connectivity index is 2.28. The van der Waals surface area contributed by atoms with Crippen LogP contribution in [0.2, 0.25) is 0 Å². The molecule has 1 aromatic rings. The third-order valence-corrected chi connectivity index (χ3v) is 3.21. The number of alkyl halides is 1. The molecule has 1 heterocycles. The van der Waals surface area contributed by atoms with Crippen molar-refractivity contribution in [3.63, 3.8) is 0 Å². The van der Waals surface area contributed by atoms with Gasteiger partial charge in [0.25, 0.3) is 0 Å². The van der Waals surface area contributed by atoms with Crippen molar-refractivity contribution in [2.24, 2.45) is 0 Å². The van der Waals surface area contributed by atoms with Gasteiger partial charge in [-0.3, -0.25) is 0 Å². The zero-order valence-corrected chi connectivity index (χ0v) is 9.06. The molecule has 1 aliphatic heterocycles. The second-order valence-electron chi connectivity index (χ2n) is 2.97. The van der Waals surface area contributed by atoms with Crippen LogP contribution in [0, 0.1) is 0 Å².